The van der Waals surface area contributed by atoms with E-state index in [0.717, 1.165) is 11.6 Å². The van der Waals surface area contributed by atoms with E-state index < -0.39 is 17.3 Å². The number of aromatic nitrogens is 2. The van der Waals surface area contributed by atoms with Crippen molar-refractivity contribution in [2.75, 3.05) is 24.9 Å². The van der Waals surface area contributed by atoms with Gasteiger partial charge in [0.2, 0.25) is 0 Å². The predicted octanol–water partition coefficient (Wildman–Crippen LogP) is 5.81. The number of pyridine rings is 1. The Hall–Kier alpha value is -4.04. The molecule has 7 nitrogen and oxygen atoms in total. The van der Waals surface area contributed by atoms with Crippen molar-refractivity contribution in [3.63, 3.8) is 0 Å². The summed E-state index contributed by atoms with van der Waals surface area (Å²) < 4.78 is 54.2. The SMILES string of the molecule is COc1cc(OC)c(F)c(NCc2cnc3c(ccn3SF)c2NCc2cccc(C#N)c2)c1F. The van der Waals surface area contributed by atoms with Gasteiger partial charge >= 0.3 is 0 Å². The van der Waals surface area contributed by atoms with Gasteiger partial charge in [-0.15, -0.1) is 3.89 Å². The number of hydrogen-bond donors (Lipinski definition) is 2. The Bertz CT molecular complexity index is 1390. The van der Waals surface area contributed by atoms with E-state index in [0.29, 0.717) is 34.4 Å². The first-order valence-corrected chi connectivity index (χ1v) is 11.0. The summed E-state index contributed by atoms with van der Waals surface area (Å²) in [4.78, 5) is 4.32. The van der Waals surface area contributed by atoms with Crippen LogP contribution in [0.4, 0.5) is 24.0 Å². The molecule has 0 radical (unpaired) electrons. The van der Waals surface area contributed by atoms with Gasteiger partial charge in [-0.05, 0) is 23.8 Å². The number of hydrogen-bond acceptors (Lipinski definition) is 7. The average Bonchev–Trinajstić information content (AvgIpc) is 3.31. The van der Waals surface area contributed by atoms with E-state index in [4.69, 9.17) is 14.7 Å². The Balaban J connectivity index is 1.69. The molecule has 0 saturated heterocycles. The Morgan fingerprint density at radius 1 is 1.03 bits per heavy atom. The zero-order chi connectivity index (χ0) is 24.9. The largest absolute Gasteiger partial charge is 0.493 e. The number of anilines is 2. The molecule has 0 aliphatic carbocycles. The molecule has 4 aromatic rings. The Labute approximate surface area is 203 Å². The van der Waals surface area contributed by atoms with Crippen molar-refractivity contribution in [2.45, 2.75) is 13.1 Å². The Kier molecular flexibility index (Phi) is 7.22. The minimum Gasteiger partial charge on any atom is -0.493 e. The molecule has 0 saturated carbocycles. The first kappa shape index (κ1) is 24.1. The van der Waals surface area contributed by atoms with Crippen molar-refractivity contribution in [2.24, 2.45) is 0 Å². The number of fused-ring (bicyclic) bond motifs is 1. The maximum Gasteiger partial charge on any atom is 0.191 e. The third kappa shape index (κ3) is 4.79. The highest BCUT2D eigenvalue weighted by Gasteiger charge is 2.21. The summed E-state index contributed by atoms with van der Waals surface area (Å²) in [5, 5.41) is 15.8. The van der Waals surface area contributed by atoms with Gasteiger partial charge in [0, 0.05) is 42.5 Å². The lowest BCUT2D eigenvalue weighted by atomic mass is 10.1. The summed E-state index contributed by atoms with van der Waals surface area (Å²) >= 11 is 0.00899. The number of halogens is 3. The number of nitrogens with one attached hydrogen (secondary N) is 2. The summed E-state index contributed by atoms with van der Waals surface area (Å²) in [6.45, 7) is 0.340. The number of methoxy groups -OCH3 is 2. The van der Waals surface area contributed by atoms with E-state index in [1.165, 1.54) is 30.6 Å². The van der Waals surface area contributed by atoms with Crippen LogP contribution in [-0.4, -0.2) is 23.2 Å². The zero-order valence-corrected chi connectivity index (χ0v) is 19.5. The van der Waals surface area contributed by atoms with Crippen LogP contribution in [0, 0.1) is 23.0 Å². The molecule has 0 atom stereocenters. The van der Waals surface area contributed by atoms with E-state index in [1.54, 1.807) is 24.3 Å². The summed E-state index contributed by atoms with van der Waals surface area (Å²) in [5.74, 6) is -2.15. The van der Waals surface area contributed by atoms with Crippen molar-refractivity contribution < 1.29 is 22.1 Å². The van der Waals surface area contributed by atoms with Crippen molar-refractivity contribution >= 4 is 34.7 Å². The lowest BCUT2D eigenvalue weighted by Gasteiger charge is -2.17. The summed E-state index contributed by atoms with van der Waals surface area (Å²) in [7, 11) is 2.54. The highest BCUT2D eigenvalue weighted by atomic mass is 32.2. The normalized spacial score (nSPS) is 10.7. The van der Waals surface area contributed by atoms with E-state index in [-0.39, 0.29) is 30.4 Å². The molecule has 0 aliphatic heterocycles. The minimum atomic E-state index is -0.900. The third-order valence-corrected chi connectivity index (χ3v) is 5.83. The molecule has 2 aromatic carbocycles. The van der Waals surface area contributed by atoms with Crippen molar-refractivity contribution in [3.8, 4) is 17.6 Å². The fraction of sp³-hybridized carbons (Fsp3) is 0.167. The van der Waals surface area contributed by atoms with Crippen LogP contribution in [0.1, 0.15) is 16.7 Å². The highest BCUT2D eigenvalue weighted by Crippen LogP contribution is 2.36. The molecule has 180 valence electrons. The molecule has 0 amide bonds. The second-order valence-electron chi connectivity index (χ2n) is 7.41. The minimum absolute atomic E-state index is 0.00899. The van der Waals surface area contributed by atoms with Gasteiger partial charge in [0.25, 0.3) is 0 Å². The first-order valence-electron chi connectivity index (χ1n) is 10.4. The van der Waals surface area contributed by atoms with Gasteiger partial charge in [0.15, 0.2) is 41.1 Å². The van der Waals surface area contributed by atoms with Crippen LogP contribution >= 0.6 is 12.3 Å². The van der Waals surface area contributed by atoms with Gasteiger partial charge in [-0.3, -0.25) is 0 Å². The van der Waals surface area contributed by atoms with Crippen molar-refractivity contribution in [1.82, 2.24) is 8.96 Å². The summed E-state index contributed by atoms with van der Waals surface area (Å²) in [6, 6.07) is 12.0. The molecule has 0 unspecified atom stereocenters. The van der Waals surface area contributed by atoms with Gasteiger partial charge in [-0.25, -0.2) is 17.7 Å². The third-order valence-electron chi connectivity index (χ3n) is 5.39. The van der Waals surface area contributed by atoms with E-state index in [1.807, 2.05) is 6.07 Å². The number of nitrogens with zero attached hydrogens (tertiary/aromatic N) is 3. The molecule has 11 heteroatoms. The molecule has 2 heterocycles. The first-order chi connectivity index (χ1) is 17.0. The topological polar surface area (TPSA) is 84.1 Å². The second kappa shape index (κ2) is 10.5. The number of benzene rings is 2. The number of nitriles is 1. The maximum atomic E-state index is 14.8. The van der Waals surface area contributed by atoms with Crippen LogP contribution in [0.5, 0.6) is 11.5 Å². The zero-order valence-electron chi connectivity index (χ0n) is 18.7. The second-order valence-corrected chi connectivity index (χ2v) is 7.94. The summed E-state index contributed by atoms with van der Waals surface area (Å²) in [6.07, 6.45) is 3.04. The summed E-state index contributed by atoms with van der Waals surface area (Å²) in [5.41, 5.74) is 2.52. The molecule has 0 bridgehead atoms. The fourth-order valence-electron chi connectivity index (χ4n) is 3.67. The molecule has 2 aromatic heterocycles. The van der Waals surface area contributed by atoms with Crippen LogP contribution in [0.2, 0.25) is 0 Å². The van der Waals surface area contributed by atoms with Gasteiger partial charge < -0.3 is 20.1 Å². The lowest BCUT2D eigenvalue weighted by Crippen LogP contribution is -2.10. The van der Waals surface area contributed by atoms with Crippen molar-refractivity contribution in [3.05, 3.63) is 77.1 Å². The molecular weight excluding hydrogens is 479 g/mol. The van der Waals surface area contributed by atoms with Crippen LogP contribution < -0.4 is 20.1 Å². The van der Waals surface area contributed by atoms with E-state index in [2.05, 4.69) is 21.7 Å². The Morgan fingerprint density at radius 3 is 2.40 bits per heavy atom. The molecule has 0 fully saturated rings. The van der Waals surface area contributed by atoms with E-state index >= 15 is 0 Å². The van der Waals surface area contributed by atoms with E-state index in [9.17, 15) is 12.7 Å². The lowest BCUT2D eigenvalue weighted by molar-refractivity contribution is 0.360. The monoisotopic (exact) mass is 499 g/mol. The van der Waals surface area contributed by atoms with Crippen LogP contribution in [0.15, 0.2) is 48.8 Å². The van der Waals surface area contributed by atoms with Crippen LogP contribution in [0.3, 0.4) is 0 Å². The van der Waals surface area contributed by atoms with Gasteiger partial charge in [0.1, 0.15) is 5.69 Å². The van der Waals surface area contributed by atoms with Crippen molar-refractivity contribution in [1.29, 1.82) is 5.26 Å². The smallest absolute Gasteiger partial charge is 0.191 e. The predicted molar refractivity (Wildman–Crippen MR) is 129 cm³/mol. The molecule has 0 spiro atoms. The van der Waals surface area contributed by atoms with Gasteiger partial charge in [-0.1, -0.05) is 12.1 Å². The molecule has 4 rings (SSSR count). The molecule has 2 N–H and O–H groups in total. The van der Waals surface area contributed by atoms with Gasteiger partial charge in [-0.2, -0.15) is 5.26 Å². The fourth-order valence-corrected chi connectivity index (χ4v) is 3.99. The maximum absolute atomic E-state index is 14.8. The Morgan fingerprint density at radius 2 is 1.74 bits per heavy atom. The average molecular weight is 500 g/mol. The van der Waals surface area contributed by atoms with Crippen LogP contribution in [0.25, 0.3) is 11.0 Å². The van der Waals surface area contributed by atoms with Crippen LogP contribution in [-0.2, 0) is 13.1 Å². The highest BCUT2D eigenvalue weighted by molar-refractivity contribution is 7.92. The van der Waals surface area contributed by atoms with Gasteiger partial charge in [0.05, 0.1) is 31.5 Å². The quantitative estimate of drug-likeness (QED) is 0.301. The molecule has 35 heavy (non-hydrogen) atoms. The molecular formula is C24H20F3N5O2S. The standard InChI is InChI=1S/C24H20F3N5O2S/c1-33-18-9-19(34-2)21(26)23(20(18)25)30-12-16-13-31-24-17(6-7-32(24)35-27)22(16)29-11-15-5-3-4-14(8-15)10-28/h3-9,13,30H,11-12H2,1-2H3,(H,29,31). The molecule has 0 aliphatic rings. The number of ether oxygens (including phenoxy) is 2. The number of rotatable bonds is 9.